The zero-order chi connectivity index (χ0) is 13.5. The Labute approximate surface area is 117 Å². The van der Waals surface area contributed by atoms with Gasteiger partial charge in [0.15, 0.2) is 0 Å². The molecule has 1 unspecified atom stereocenters. The van der Waals surface area contributed by atoms with E-state index in [1.807, 2.05) is 13.0 Å². The van der Waals surface area contributed by atoms with Crippen LogP contribution in [-0.4, -0.2) is 35.6 Å². The summed E-state index contributed by atoms with van der Waals surface area (Å²) in [6, 6.07) is 7.00. The highest BCUT2D eigenvalue weighted by Gasteiger charge is 2.16. The maximum absolute atomic E-state index is 4.50. The molecule has 2 heterocycles. The summed E-state index contributed by atoms with van der Waals surface area (Å²) in [5.74, 6) is 0. The average Bonchev–Trinajstić information content (AvgIpc) is 2.40. The van der Waals surface area contributed by atoms with Crippen molar-refractivity contribution < 1.29 is 0 Å². The predicted molar refractivity (Wildman–Crippen MR) is 80.2 cm³/mol. The number of rotatable bonds is 6. The van der Waals surface area contributed by atoms with Crippen LogP contribution in [0, 0.1) is 6.92 Å². The third-order valence-corrected chi connectivity index (χ3v) is 3.99. The standard InChI is InChI=1S/C16H27N3/c1-14-7-5-9-16(18-14)13-17-10-6-12-19-11-4-3-8-15(19)2/h5,7,9,15,17H,3-4,6,8,10-13H2,1-2H3. The Balaban J connectivity index is 1.59. The van der Waals surface area contributed by atoms with Gasteiger partial charge in [0.2, 0.25) is 0 Å². The Hall–Kier alpha value is -0.930. The number of piperidine rings is 1. The molecule has 3 nitrogen and oxygen atoms in total. The van der Waals surface area contributed by atoms with Crippen LogP contribution in [0.4, 0.5) is 0 Å². The lowest BCUT2D eigenvalue weighted by Gasteiger charge is -2.33. The Morgan fingerprint density at radius 1 is 1.37 bits per heavy atom. The molecule has 0 amide bonds. The molecule has 0 spiro atoms. The third kappa shape index (κ3) is 4.92. The van der Waals surface area contributed by atoms with E-state index < -0.39 is 0 Å². The molecule has 0 bridgehead atoms. The maximum atomic E-state index is 4.50. The topological polar surface area (TPSA) is 28.2 Å². The third-order valence-electron chi connectivity index (χ3n) is 3.99. The van der Waals surface area contributed by atoms with Crippen molar-refractivity contribution in [1.82, 2.24) is 15.2 Å². The number of pyridine rings is 1. The van der Waals surface area contributed by atoms with Crippen molar-refractivity contribution in [2.45, 2.75) is 52.1 Å². The van der Waals surface area contributed by atoms with E-state index >= 15 is 0 Å². The summed E-state index contributed by atoms with van der Waals surface area (Å²) < 4.78 is 0. The quantitative estimate of drug-likeness (QED) is 0.798. The summed E-state index contributed by atoms with van der Waals surface area (Å²) in [4.78, 5) is 7.13. The molecule has 0 aromatic carbocycles. The second-order valence-electron chi connectivity index (χ2n) is 5.68. The summed E-state index contributed by atoms with van der Waals surface area (Å²) in [6.07, 6.45) is 5.40. The van der Waals surface area contributed by atoms with Crippen molar-refractivity contribution in [1.29, 1.82) is 0 Å². The largest absolute Gasteiger partial charge is 0.311 e. The van der Waals surface area contributed by atoms with E-state index in [2.05, 4.69) is 34.3 Å². The normalized spacial score (nSPS) is 20.6. The molecule has 1 aliphatic rings. The van der Waals surface area contributed by atoms with Crippen LogP contribution in [0.15, 0.2) is 18.2 Å². The van der Waals surface area contributed by atoms with Gasteiger partial charge in [-0.2, -0.15) is 0 Å². The first-order chi connectivity index (χ1) is 9.25. The molecule has 1 aromatic heterocycles. The van der Waals surface area contributed by atoms with Crippen molar-refractivity contribution >= 4 is 0 Å². The van der Waals surface area contributed by atoms with E-state index in [1.165, 1.54) is 38.8 Å². The molecule has 3 heteroatoms. The highest BCUT2D eigenvalue weighted by molar-refractivity contribution is 5.09. The Morgan fingerprint density at radius 3 is 3.05 bits per heavy atom. The molecule has 0 saturated carbocycles. The number of hydrogen-bond donors (Lipinski definition) is 1. The van der Waals surface area contributed by atoms with Crippen LogP contribution in [0.25, 0.3) is 0 Å². The van der Waals surface area contributed by atoms with Crippen LogP contribution >= 0.6 is 0 Å². The zero-order valence-corrected chi connectivity index (χ0v) is 12.4. The van der Waals surface area contributed by atoms with Crippen molar-refractivity contribution in [2.24, 2.45) is 0 Å². The van der Waals surface area contributed by atoms with E-state index in [4.69, 9.17) is 0 Å². The van der Waals surface area contributed by atoms with Gasteiger partial charge < -0.3 is 10.2 Å². The second-order valence-corrected chi connectivity index (χ2v) is 5.68. The van der Waals surface area contributed by atoms with Gasteiger partial charge in [0.1, 0.15) is 0 Å². The average molecular weight is 261 g/mol. The Bertz CT molecular complexity index is 378. The van der Waals surface area contributed by atoms with Crippen LogP contribution in [0.3, 0.4) is 0 Å². The molecule has 19 heavy (non-hydrogen) atoms. The maximum Gasteiger partial charge on any atom is 0.0544 e. The zero-order valence-electron chi connectivity index (χ0n) is 12.4. The van der Waals surface area contributed by atoms with Gasteiger partial charge in [-0.15, -0.1) is 0 Å². The minimum atomic E-state index is 0.784. The molecule has 1 saturated heterocycles. The van der Waals surface area contributed by atoms with Crippen LogP contribution in [0.5, 0.6) is 0 Å². The van der Waals surface area contributed by atoms with Crippen LogP contribution in [0.2, 0.25) is 0 Å². The number of hydrogen-bond acceptors (Lipinski definition) is 3. The first-order valence-electron chi connectivity index (χ1n) is 7.63. The summed E-state index contributed by atoms with van der Waals surface area (Å²) in [5, 5.41) is 3.49. The molecular formula is C16H27N3. The van der Waals surface area contributed by atoms with Crippen LogP contribution in [0.1, 0.15) is 44.0 Å². The van der Waals surface area contributed by atoms with Gasteiger partial charge in [-0.3, -0.25) is 4.98 Å². The Morgan fingerprint density at radius 2 is 2.26 bits per heavy atom. The molecule has 106 valence electrons. The summed E-state index contributed by atoms with van der Waals surface area (Å²) in [5.41, 5.74) is 2.24. The number of nitrogens with one attached hydrogen (secondary N) is 1. The highest BCUT2D eigenvalue weighted by Crippen LogP contribution is 2.16. The van der Waals surface area contributed by atoms with E-state index in [-0.39, 0.29) is 0 Å². The molecule has 1 atom stereocenters. The van der Waals surface area contributed by atoms with Gasteiger partial charge in [-0.05, 0) is 64.9 Å². The number of aryl methyl sites for hydroxylation is 1. The minimum Gasteiger partial charge on any atom is -0.311 e. The smallest absolute Gasteiger partial charge is 0.0544 e. The monoisotopic (exact) mass is 261 g/mol. The fraction of sp³-hybridized carbons (Fsp3) is 0.688. The van der Waals surface area contributed by atoms with Crippen molar-refractivity contribution in [3.63, 3.8) is 0 Å². The molecule has 1 aliphatic heterocycles. The number of likely N-dealkylation sites (tertiary alicyclic amines) is 1. The second kappa shape index (κ2) is 7.61. The molecule has 1 aromatic rings. The van der Waals surface area contributed by atoms with Gasteiger partial charge in [-0.25, -0.2) is 0 Å². The fourth-order valence-electron chi connectivity index (χ4n) is 2.81. The van der Waals surface area contributed by atoms with Crippen LogP contribution < -0.4 is 5.32 Å². The van der Waals surface area contributed by atoms with E-state index in [0.29, 0.717) is 0 Å². The first kappa shape index (κ1) is 14.5. The van der Waals surface area contributed by atoms with E-state index in [0.717, 1.165) is 30.5 Å². The predicted octanol–water partition coefficient (Wildman–Crippen LogP) is 2.74. The summed E-state index contributed by atoms with van der Waals surface area (Å²) in [6.45, 7) is 8.90. The lowest BCUT2D eigenvalue weighted by molar-refractivity contribution is 0.159. The number of nitrogens with zero attached hydrogens (tertiary/aromatic N) is 2. The molecule has 0 aliphatic carbocycles. The SMILES string of the molecule is Cc1cccc(CNCCCN2CCCCC2C)n1. The lowest BCUT2D eigenvalue weighted by atomic mass is 10.0. The molecule has 1 N–H and O–H groups in total. The Kier molecular flexibility index (Phi) is 5.80. The minimum absolute atomic E-state index is 0.784. The molecule has 0 radical (unpaired) electrons. The van der Waals surface area contributed by atoms with E-state index in [9.17, 15) is 0 Å². The first-order valence-corrected chi connectivity index (χ1v) is 7.63. The molecule has 2 rings (SSSR count). The lowest BCUT2D eigenvalue weighted by Crippen LogP contribution is -2.38. The van der Waals surface area contributed by atoms with Crippen molar-refractivity contribution in [3.8, 4) is 0 Å². The number of aromatic nitrogens is 1. The van der Waals surface area contributed by atoms with Gasteiger partial charge in [-0.1, -0.05) is 12.5 Å². The molecule has 1 fully saturated rings. The van der Waals surface area contributed by atoms with Crippen molar-refractivity contribution in [3.05, 3.63) is 29.6 Å². The van der Waals surface area contributed by atoms with Gasteiger partial charge in [0.05, 0.1) is 5.69 Å². The fourth-order valence-corrected chi connectivity index (χ4v) is 2.81. The highest BCUT2D eigenvalue weighted by atomic mass is 15.2. The van der Waals surface area contributed by atoms with Gasteiger partial charge in [0, 0.05) is 18.3 Å². The molecular weight excluding hydrogens is 234 g/mol. The van der Waals surface area contributed by atoms with Crippen molar-refractivity contribution in [2.75, 3.05) is 19.6 Å². The summed E-state index contributed by atoms with van der Waals surface area (Å²) >= 11 is 0. The van der Waals surface area contributed by atoms with Crippen LogP contribution in [-0.2, 0) is 6.54 Å². The van der Waals surface area contributed by atoms with E-state index in [1.54, 1.807) is 0 Å². The van der Waals surface area contributed by atoms with Gasteiger partial charge >= 0.3 is 0 Å². The summed E-state index contributed by atoms with van der Waals surface area (Å²) in [7, 11) is 0. The van der Waals surface area contributed by atoms with Gasteiger partial charge in [0.25, 0.3) is 0 Å².